The molecule has 1 saturated heterocycles. The molecule has 2 aliphatic heterocycles. The van der Waals surface area contributed by atoms with Crippen molar-refractivity contribution in [3.8, 4) is 5.75 Å². The van der Waals surface area contributed by atoms with Gasteiger partial charge in [0, 0.05) is 13.0 Å². The monoisotopic (exact) mass is 474 g/mol. The van der Waals surface area contributed by atoms with Crippen molar-refractivity contribution < 1.29 is 22.7 Å². The maximum atomic E-state index is 13.1. The van der Waals surface area contributed by atoms with Gasteiger partial charge in [-0.05, 0) is 55.2 Å². The van der Waals surface area contributed by atoms with Gasteiger partial charge in [0.2, 0.25) is 21.8 Å². The number of carbonyl (C=O) groups excluding carboxylic acids is 2. The van der Waals surface area contributed by atoms with Crippen LogP contribution in [-0.2, 0) is 32.6 Å². The van der Waals surface area contributed by atoms with Gasteiger partial charge in [-0.2, -0.15) is 9.82 Å². The number of rotatable bonds is 7. The topological polar surface area (TPSA) is 157 Å². The summed E-state index contributed by atoms with van der Waals surface area (Å²) in [7, 11) is -3.91. The predicted molar refractivity (Wildman–Crippen MR) is 118 cm³/mol. The van der Waals surface area contributed by atoms with Gasteiger partial charge in [-0.3, -0.25) is 9.59 Å². The van der Waals surface area contributed by atoms with Gasteiger partial charge in [-0.1, -0.05) is 0 Å². The van der Waals surface area contributed by atoms with Crippen LogP contribution in [0.4, 0.5) is 5.82 Å². The van der Waals surface area contributed by atoms with Crippen molar-refractivity contribution in [2.24, 2.45) is 0 Å². The van der Waals surface area contributed by atoms with Crippen LogP contribution in [-0.4, -0.2) is 61.1 Å². The molecule has 4 rings (SSSR count). The van der Waals surface area contributed by atoms with E-state index in [9.17, 15) is 18.0 Å². The van der Waals surface area contributed by atoms with E-state index in [2.05, 4.69) is 20.2 Å². The number of fused-ring (bicyclic) bond motifs is 1. The first-order valence-corrected chi connectivity index (χ1v) is 12.2. The van der Waals surface area contributed by atoms with E-state index in [1.807, 2.05) is 0 Å². The average Bonchev–Trinajstić information content (AvgIpc) is 3.21. The van der Waals surface area contributed by atoms with E-state index in [0.29, 0.717) is 50.3 Å². The zero-order chi connectivity index (χ0) is 23.4. The van der Waals surface area contributed by atoms with Gasteiger partial charge in [0.15, 0.2) is 0 Å². The summed E-state index contributed by atoms with van der Waals surface area (Å²) in [5.41, 5.74) is 6.86. The highest BCUT2D eigenvalue weighted by Gasteiger charge is 2.32. The third kappa shape index (κ3) is 5.57. The molecular weight excluding hydrogens is 448 g/mol. The number of aromatic nitrogens is 2. The van der Waals surface area contributed by atoms with E-state index in [1.165, 1.54) is 11.0 Å². The Bertz CT molecular complexity index is 1140. The van der Waals surface area contributed by atoms with Gasteiger partial charge < -0.3 is 20.7 Å². The smallest absolute Gasteiger partial charge is 0.241 e. The number of benzene rings is 1. The Morgan fingerprint density at radius 1 is 1.21 bits per heavy atom. The third-order valence-corrected chi connectivity index (χ3v) is 7.06. The molecule has 1 aromatic heterocycles. The summed E-state index contributed by atoms with van der Waals surface area (Å²) in [5.74, 6) is 0.177. The van der Waals surface area contributed by atoms with E-state index in [-0.39, 0.29) is 29.7 Å². The minimum Gasteiger partial charge on any atom is -0.493 e. The van der Waals surface area contributed by atoms with Gasteiger partial charge in [-0.15, -0.1) is 5.10 Å². The average molecular weight is 475 g/mol. The van der Waals surface area contributed by atoms with Crippen molar-refractivity contribution in [1.29, 1.82) is 0 Å². The highest BCUT2D eigenvalue weighted by atomic mass is 32.2. The number of nitrogens with two attached hydrogens (primary N) is 1. The highest BCUT2D eigenvalue weighted by molar-refractivity contribution is 7.89. The Morgan fingerprint density at radius 2 is 2.06 bits per heavy atom. The second-order valence-corrected chi connectivity index (χ2v) is 9.74. The molecule has 4 N–H and O–H groups in total. The summed E-state index contributed by atoms with van der Waals surface area (Å²) >= 11 is 0. The van der Waals surface area contributed by atoms with Crippen molar-refractivity contribution in [2.75, 3.05) is 25.4 Å². The van der Waals surface area contributed by atoms with Crippen LogP contribution >= 0.6 is 0 Å². The first-order valence-electron chi connectivity index (χ1n) is 10.7. The molecule has 3 heterocycles. The van der Waals surface area contributed by atoms with Gasteiger partial charge in [0.25, 0.3) is 0 Å². The molecule has 33 heavy (non-hydrogen) atoms. The summed E-state index contributed by atoms with van der Waals surface area (Å²) < 4.78 is 33.9. The lowest BCUT2D eigenvalue weighted by molar-refractivity contribution is -0.136. The Hall–Kier alpha value is -3.25. The van der Waals surface area contributed by atoms with Gasteiger partial charge >= 0.3 is 0 Å². The van der Waals surface area contributed by atoms with Crippen molar-refractivity contribution in [3.05, 3.63) is 41.6 Å². The molecule has 0 spiro atoms. The van der Waals surface area contributed by atoms with Gasteiger partial charge in [-0.25, -0.2) is 8.42 Å². The maximum absolute atomic E-state index is 13.1. The number of nitrogen functional groups attached to an aromatic ring is 1. The molecule has 0 aliphatic carbocycles. The Balaban J connectivity index is 1.38. The first-order chi connectivity index (χ1) is 15.8. The SMILES string of the molecule is Nc1ccc(CNC(=O)CN2CCCC[C@H](NS(=O)(=O)c3ccc4c(c3)CCO4)C2=O)nn1. The lowest BCUT2D eigenvalue weighted by Crippen LogP contribution is -2.49. The molecule has 12 heteroatoms. The molecule has 11 nitrogen and oxygen atoms in total. The van der Waals surface area contributed by atoms with Crippen LogP contribution in [0.15, 0.2) is 35.2 Å². The van der Waals surface area contributed by atoms with Crippen LogP contribution < -0.4 is 20.5 Å². The zero-order valence-corrected chi connectivity index (χ0v) is 18.8. The standard InChI is InChI=1S/C21H26N6O5S/c22-19-7-4-15(24-25-19)12-23-20(28)13-27-9-2-1-3-17(21(27)29)26-33(30,31)16-5-6-18-14(11-16)8-10-32-18/h4-7,11,17,26H,1-3,8-10,12-13H2,(H2,22,25)(H,23,28)/t17-/m0/s1. The third-order valence-electron chi connectivity index (χ3n) is 5.59. The van der Waals surface area contributed by atoms with Crippen molar-refractivity contribution in [3.63, 3.8) is 0 Å². The number of anilines is 1. The Labute approximate surface area is 191 Å². The lowest BCUT2D eigenvalue weighted by Gasteiger charge is -2.24. The number of sulfonamides is 1. The Morgan fingerprint density at radius 3 is 2.85 bits per heavy atom. The molecule has 2 aliphatic rings. The predicted octanol–water partition coefficient (Wildman–Crippen LogP) is -0.0305. The minimum absolute atomic E-state index is 0.0951. The molecule has 1 aromatic carbocycles. The number of hydrogen-bond donors (Lipinski definition) is 3. The molecule has 1 atom stereocenters. The van der Waals surface area contributed by atoms with Crippen LogP contribution in [0, 0.1) is 0 Å². The van der Waals surface area contributed by atoms with E-state index in [0.717, 1.165) is 5.56 Å². The quantitative estimate of drug-likeness (QED) is 0.505. The van der Waals surface area contributed by atoms with E-state index < -0.39 is 22.0 Å². The second-order valence-electron chi connectivity index (χ2n) is 8.02. The normalized spacial score (nSPS) is 18.4. The molecule has 0 unspecified atom stereocenters. The molecule has 2 amide bonds. The number of amides is 2. The molecule has 1 fully saturated rings. The largest absolute Gasteiger partial charge is 0.493 e. The maximum Gasteiger partial charge on any atom is 0.241 e. The Kier molecular flexibility index (Phi) is 6.75. The number of ether oxygens (including phenoxy) is 1. The number of carbonyl (C=O) groups is 2. The summed E-state index contributed by atoms with van der Waals surface area (Å²) in [6, 6.07) is 6.98. The fraction of sp³-hybridized carbons (Fsp3) is 0.429. The molecule has 2 aromatic rings. The molecule has 0 saturated carbocycles. The lowest BCUT2D eigenvalue weighted by atomic mass is 10.1. The molecule has 0 bridgehead atoms. The highest BCUT2D eigenvalue weighted by Crippen LogP contribution is 2.28. The van der Waals surface area contributed by atoms with Crippen molar-refractivity contribution in [1.82, 2.24) is 25.1 Å². The summed E-state index contributed by atoms with van der Waals surface area (Å²) in [4.78, 5) is 26.9. The molecule has 176 valence electrons. The second kappa shape index (κ2) is 9.71. The number of nitrogens with one attached hydrogen (secondary N) is 2. The van der Waals surface area contributed by atoms with Crippen molar-refractivity contribution in [2.45, 2.75) is 43.2 Å². The summed E-state index contributed by atoms with van der Waals surface area (Å²) in [5, 5.41) is 10.3. The number of hydrogen-bond acceptors (Lipinski definition) is 8. The van der Waals surface area contributed by atoms with Crippen LogP contribution in [0.5, 0.6) is 5.75 Å². The fourth-order valence-electron chi connectivity index (χ4n) is 3.84. The summed E-state index contributed by atoms with van der Waals surface area (Å²) in [6.45, 7) is 0.875. The molecule has 0 radical (unpaired) electrons. The fourth-order valence-corrected chi connectivity index (χ4v) is 5.11. The van der Waals surface area contributed by atoms with Crippen LogP contribution in [0.25, 0.3) is 0 Å². The van der Waals surface area contributed by atoms with Gasteiger partial charge in [0.05, 0.1) is 30.3 Å². The van der Waals surface area contributed by atoms with E-state index in [4.69, 9.17) is 10.5 Å². The van der Waals surface area contributed by atoms with Crippen LogP contribution in [0.2, 0.25) is 0 Å². The molecular formula is C21H26N6O5S. The number of nitrogens with zero attached hydrogens (tertiary/aromatic N) is 3. The first kappa shape index (κ1) is 22.9. The van der Waals surface area contributed by atoms with Crippen LogP contribution in [0.3, 0.4) is 0 Å². The van der Waals surface area contributed by atoms with E-state index in [1.54, 1.807) is 24.3 Å². The van der Waals surface area contributed by atoms with Gasteiger partial charge in [0.1, 0.15) is 17.6 Å². The zero-order valence-electron chi connectivity index (χ0n) is 18.0. The summed E-state index contributed by atoms with van der Waals surface area (Å²) in [6.07, 6.45) is 2.35. The van der Waals surface area contributed by atoms with Crippen molar-refractivity contribution >= 4 is 27.7 Å². The van der Waals surface area contributed by atoms with E-state index >= 15 is 0 Å². The number of likely N-dealkylation sites (tertiary alicyclic amines) is 1. The minimum atomic E-state index is -3.91. The van der Waals surface area contributed by atoms with Crippen LogP contribution in [0.1, 0.15) is 30.5 Å².